The van der Waals surface area contributed by atoms with Gasteiger partial charge in [0.15, 0.2) is 0 Å². The van der Waals surface area contributed by atoms with E-state index in [4.69, 9.17) is 16.7 Å². The second-order valence-electron chi connectivity index (χ2n) is 2.99. The fraction of sp³-hybridized carbons (Fsp3) is 0.400. The first-order valence-corrected chi connectivity index (χ1v) is 4.66. The number of nitrogens with one attached hydrogen (secondary N) is 1. The third-order valence-corrected chi connectivity index (χ3v) is 2.23. The number of likely N-dealkylation sites (N-methyl/N-ethyl adjacent to an activating group) is 1. The van der Waals surface area contributed by atoms with Crippen molar-refractivity contribution in [2.45, 2.75) is 5.92 Å². The minimum Gasteiger partial charge on any atom is -0.396 e. The van der Waals surface area contributed by atoms with E-state index in [1.54, 1.807) is 0 Å². The number of halogens is 1. The van der Waals surface area contributed by atoms with Gasteiger partial charge in [-0.1, -0.05) is 23.7 Å². The highest BCUT2D eigenvalue weighted by Crippen LogP contribution is 2.18. The summed E-state index contributed by atoms with van der Waals surface area (Å²) >= 11 is 5.84. The van der Waals surface area contributed by atoms with Crippen LogP contribution in [0.1, 0.15) is 11.5 Å². The lowest BCUT2D eigenvalue weighted by molar-refractivity contribution is 0.263. The maximum Gasteiger partial charge on any atom is 0.0511 e. The van der Waals surface area contributed by atoms with E-state index in [1.807, 2.05) is 31.3 Å². The Bertz CT molecular complexity index is 265. The molecule has 0 aromatic heterocycles. The zero-order valence-corrected chi connectivity index (χ0v) is 8.38. The van der Waals surface area contributed by atoms with E-state index in [0.29, 0.717) is 5.02 Å². The summed E-state index contributed by atoms with van der Waals surface area (Å²) in [5, 5.41) is 12.9. The summed E-state index contributed by atoms with van der Waals surface area (Å²) in [6.45, 7) is 0.901. The molecule has 0 saturated carbocycles. The quantitative estimate of drug-likeness (QED) is 0.773. The number of aliphatic hydroxyl groups is 1. The second kappa shape index (κ2) is 5.22. The zero-order valence-electron chi connectivity index (χ0n) is 7.63. The molecular formula is C10H14ClNO. The first-order valence-electron chi connectivity index (χ1n) is 4.29. The molecular weight excluding hydrogens is 186 g/mol. The van der Waals surface area contributed by atoms with Crippen LogP contribution in [0.2, 0.25) is 5.02 Å². The van der Waals surface area contributed by atoms with Crippen LogP contribution in [0.5, 0.6) is 0 Å². The number of rotatable bonds is 4. The summed E-state index contributed by atoms with van der Waals surface area (Å²) < 4.78 is 0. The van der Waals surface area contributed by atoms with E-state index in [-0.39, 0.29) is 12.5 Å². The van der Waals surface area contributed by atoms with Gasteiger partial charge >= 0.3 is 0 Å². The van der Waals surface area contributed by atoms with E-state index in [2.05, 4.69) is 5.32 Å². The number of hydrogen-bond donors (Lipinski definition) is 2. The predicted molar refractivity (Wildman–Crippen MR) is 55.2 cm³/mol. The molecule has 0 aliphatic rings. The van der Waals surface area contributed by atoms with Crippen LogP contribution in [0.3, 0.4) is 0 Å². The predicted octanol–water partition coefficient (Wildman–Crippen LogP) is 1.64. The van der Waals surface area contributed by atoms with Gasteiger partial charge < -0.3 is 10.4 Å². The van der Waals surface area contributed by atoms with Gasteiger partial charge in [-0.2, -0.15) is 0 Å². The molecule has 2 N–H and O–H groups in total. The Morgan fingerprint density at radius 3 is 2.85 bits per heavy atom. The van der Waals surface area contributed by atoms with Crippen LogP contribution in [0, 0.1) is 0 Å². The SMILES string of the molecule is CNCC(CO)c1cccc(Cl)c1. The van der Waals surface area contributed by atoms with Crippen LogP contribution in [0.25, 0.3) is 0 Å². The first kappa shape index (κ1) is 10.5. The van der Waals surface area contributed by atoms with Crippen LogP contribution in [-0.2, 0) is 0 Å². The van der Waals surface area contributed by atoms with Crippen molar-refractivity contribution in [3.63, 3.8) is 0 Å². The van der Waals surface area contributed by atoms with E-state index < -0.39 is 0 Å². The van der Waals surface area contributed by atoms with Crippen molar-refractivity contribution in [2.24, 2.45) is 0 Å². The van der Waals surface area contributed by atoms with Gasteiger partial charge in [-0.05, 0) is 24.7 Å². The van der Waals surface area contributed by atoms with Gasteiger partial charge in [-0.15, -0.1) is 0 Å². The van der Waals surface area contributed by atoms with Crippen molar-refractivity contribution in [1.29, 1.82) is 0 Å². The minimum atomic E-state index is 0.128. The summed E-state index contributed by atoms with van der Waals surface area (Å²) in [7, 11) is 1.87. The molecule has 1 unspecified atom stereocenters. The smallest absolute Gasteiger partial charge is 0.0511 e. The number of benzene rings is 1. The summed E-state index contributed by atoms with van der Waals surface area (Å²) in [5.74, 6) is 0.128. The Hall–Kier alpha value is -0.570. The lowest BCUT2D eigenvalue weighted by Crippen LogP contribution is -2.19. The normalized spacial score (nSPS) is 12.8. The molecule has 0 heterocycles. The topological polar surface area (TPSA) is 32.3 Å². The fourth-order valence-corrected chi connectivity index (χ4v) is 1.49. The third kappa shape index (κ3) is 2.99. The van der Waals surface area contributed by atoms with Crippen LogP contribution < -0.4 is 5.32 Å². The fourth-order valence-electron chi connectivity index (χ4n) is 1.29. The van der Waals surface area contributed by atoms with Crippen molar-refractivity contribution >= 4 is 11.6 Å². The first-order chi connectivity index (χ1) is 6.27. The van der Waals surface area contributed by atoms with Crippen LogP contribution >= 0.6 is 11.6 Å². The molecule has 1 aromatic rings. The Morgan fingerprint density at radius 2 is 2.31 bits per heavy atom. The maximum absolute atomic E-state index is 9.12. The molecule has 0 spiro atoms. The Morgan fingerprint density at radius 1 is 1.54 bits per heavy atom. The van der Waals surface area contributed by atoms with Gasteiger partial charge in [0.1, 0.15) is 0 Å². The van der Waals surface area contributed by atoms with E-state index in [9.17, 15) is 0 Å². The van der Waals surface area contributed by atoms with Crippen molar-refractivity contribution in [2.75, 3.05) is 20.2 Å². The van der Waals surface area contributed by atoms with Gasteiger partial charge in [0.25, 0.3) is 0 Å². The van der Waals surface area contributed by atoms with E-state index in [0.717, 1.165) is 12.1 Å². The Kier molecular flexibility index (Phi) is 4.22. The molecule has 1 atom stereocenters. The molecule has 0 amide bonds. The highest BCUT2D eigenvalue weighted by molar-refractivity contribution is 6.30. The van der Waals surface area contributed by atoms with Gasteiger partial charge in [0, 0.05) is 17.5 Å². The van der Waals surface area contributed by atoms with Gasteiger partial charge in [0.05, 0.1) is 6.61 Å². The molecule has 13 heavy (non-hydrogen) atoms. The molecule has 72 valence electrons. The van der Waals surface area contributed by atoms with E-state index >= 15 is 0 Å². The summed E-state index contributed by atoms with van der Waals surface area (Å²) in [6.07, 6.45) is 0. The lowest BCUT2D eigenvalue weighted by Gasteiger charge is -2.13. The number of aliphatic hydroxyl groups excluding tert-OH is 1. The Labute approximate surface area is 83.5 Å². The highest BCUT2D eigenvalue weighted by atomic mass is 35.5. The summed E-state index contributed by atoms with van der Waals surface area (Å²) in [5.41, 5.74) is 1.07. The molecule has 0 saturated heterocycles. The van der Waals surface area contributed by atoms with Gasteiger partial charge in [-0.25, -0.2) is 0 Å². The molecule has 0 fully saturated rings. The molecule has 3 heteroatoms. The molecule has 0 aliphatic carbocycles. The van der Waals surface area contributed by atoms with Crippen LogP contribution in [0.15, 0.2) is 24.3 Å². The molecule has 0 bridgehead atoms. The third-order valence-electron chi connectivity index (χ3n) is 1.99. The van der Waals surface area contributed by atoms with Crippen molar-refractivity contribution in [3.8, 4) is 0 Å². The Balaban J connectivity index is 2.78. The maximum atomic E-state index is 9.12. The second-order valence-corrected chi connectivity index (χ2v) is 3.43. The molecule has 0 radical (unpaired) electrons. The van der Waals surface area contributed by atoms with Crippen molar-refractivity contribution in [1.82, 2.24) is 5.32 Å². The summed E-state index contributed by atoms with van der Waals surface area (Å²) in [4.78, 5) is 0. The average Bonchev–Trinajstić information content (AvgIpc) is 2.14. The van der Waals surface area contributed by atoms with Crippen LogP contribution in [-0.4, -0.2) is 25.3 Å². The highest BCUT2D eigenvalue weighted by Gasteiger charge is 2.08. The van der Waals surface area contributed by atoms with Crippen molar-refractivity contribution in [3.05, 3.63) is 34.9 Å². The summed E-state index contributed by atoms with van der Waals surface area (Å²) in [6, 6.07) is 7.60. The van der Waals surface area contributed by atoms with Gasteiger partial charge in [0.2, 0.25) is 0 Å². The zero-order chi connectivity index (χ0) is 9.68. The minimum absolute atomic E-state index is 0.128. The van der Waals surface area contributed by atoms with E-state index in [1.165, 1.54) is 0 Å². The standard InChI is InChI=1S/C10H14ClNO/c1-12-6-9(7-13)8-3-2-4-10(11)5-8/h2-5,9,12-13H,6-7H2,1H3. The monoisotopic (exact) mass is 199 g/mol. The average molecular weight is 200 g/mol. The van der Waals surface area contributed by atoms with Crippen LogP contribution in [0.4, 0.5) is 0 Å². The molecule has 0 aliphatic heterocycles. The molecule has 1 rings (SSSR count). The lowest BCUT2D eigenvalue weighted by atomic mass is 10.0. The molecule has 2 nitrogen and oxygen atoms in total. The number of hydrogen-bond acceptors (Lipinski definition) is 2. The molecule has 1 aromatic carbocycles. The van der Waals surface area contributed by atoms with Crippen molar-refractivity contribution < 1.29 is 5.11 Å². The van der Waals surface area contributed by atoms with Gasteiger partial charge in [-0.3, -0.25) is 0 Å². The largest absolute Gasteiger partial charge is 0.396 e.